The van der Waals surface area contributed by atoms with E-state index in [2.05, 4.69) is 24.9 Å². The molecule has 0 saturated heterocycles. The van der Waals surface area contributed by atoms with E-state index in [1.807, 2.05) is 13.8 Å². The molecule has 0 aliphatic rings. The van der Waals surface area contributed by atoms with Crippen LogP contribution in [0.25, 0.3) is 0 Å². The van der Waals surface area contributed by atoms with Crippen molar-refractivity contribution in [2.75, 3.05) is 10.5 Å². The van der Waals surface area contributed by atoms with Gasteiger partial charge in [-0.2, -0.15) is 8.42 Å². The summed E-state index contributed by atoms with van der Waals surface area (Å²) in [5.74, 6) is -0.0888. The summed E-state index contributed by atoms with van der Waals surface area (Å²) in [6.07, 6.45) is 2.67. The van der Waals surface area contributed by atoms with Gasteiger partial charge in [-0.3, -0.25) is 0 Å². The lowest BCUT2D eigenvalue weighted by molar-refractivity contribution is 0.597. The summed E-state index contributed by atoms with van der Waals surface area (Å²) in [6.45, 7) is 3.85. The SMILES string of the molecule is CCc1nnc(NS(=O)(=O)c2ncccc2N)nc1CC. The Morgan fingerprint density at radius 3 is 2.52 bits per heavy atom. The molecule has 0 saturated carbocycles. The van der Waals surface area contributed by atoms with Gasteiger partial charge in [-0.05, 0) is 25.0 Å². The third-order valence-electron chi connectivity index (χ3n) is 2.79. The average molecular weight is 308 g/mol. The largest absolute Gasteiger partial charge is 0.396 e. The number of nitrogen functional groups attached to an aromatic ring is 1. The number of aromatic nitrogens is 4. The van der Waals surface area contributed by atoms with Crippen molar-refractivity contribution in [3.05, 3.63) is 29.7 Å². The number of nitrogens with one attached hydrogen (secondary N) is 1. The lowest BCUT2D eigenvalue weighted by atomic mass is 10.2. The average Bonchev–Trinajstić information content (AvgIpc) is 2.47. The molecule has 3 N–H and O–H groups in total. The van der Waals surface area contributed by atoms with Gasteiger partial charge in [-0.25, -0.2) is 14.7 Å². The number of nitrogens with two attached hydrogens (primary N) is 1. The number of hydrogen-bond acceptors (Lipinski definition) is 7. The van der Waals surface area contributed by atoms with Crippen LogP contribution in [-0.2, 0) is 22.9 Å². The molecule has 0 radical (unpaired) electrons. The molecule has 0 aliphatic heterocycles. The Balaban J connectivity index is 2.35. The summed E-state index contributed by atoms with van der Waals surface area (Å²) in [5.41, 5.74) is 7.13. The van der Waals surface area contributed by atoms with Crippen LogP contribution in [-0.4, -0.2) is 28.6 Å². The second-order valence-corrected chi connectivity index (χ2v) is 5.84. The highest BCUT2D eigenvalue weighted by atomic mass is 32.2. The third kappa shape index (κ3) is 3.24. The van der Waals surface area contributed by atoms with E-state index in [-0.39, 0.29) is 16.7 Å². The number of nitrogens with zero attached hydrogens (tertiary/aromatic N) is 4. The first-order valence-electron chi connectivity index (χ1n) is 6.43. The number of hydrogen-bond donors (Lipinski definition) is 2. The maximum absolute atomic E-state index is 12.2. The maximum Gasteiger partial charge on any atom is 0.283 e. The minimum absolute atomic E-state index is 0.0545. The van der Waals surface area contributed by atoms with Gasteiger partial charge in [-0.1, -0.05) is 13.8 Å². The van der Waals surface area contributed by atoms with E-state index in [4.69, 9.17) is 5.73 Å². The van der Waals surface area contributed by atoms with Gasteiger partial charge < -0.3 is 5.73 Å². The topological polar surface area (TPSA) is 124 Å². The van der Waals surface area contributed by atoms with Crippen LogP contribution in [0.15, 0.2) is 23.4 Å². The molecule has 0 spiro atoms. The van der Waals surface area contributed by atoms with Crippen LogP contribution < -0.4 is 10.5 Å². The van der Waals surface area contributed by atoms with Gasteiger partial charge in [0, 0.05) is 6.20 Å². The molecule has 0 amide bonds. The first-order chi connectivity index (χ1) is 9.97. The van der Waals surface area contributed by atoms with E-state index in [9.17, 15) is 8.42 Å². The second-order valence-electron chi connectivity index (χ2n) is 4.24. The summed E-state index contributed by atoms with van der Waals surface area (Å²) < 4.78 is 26.7. The first-order valence-corrected chi connectivity index (χ1v) is 7.92. The van der Waals surface area contributed by atoms with Gasteiger partial charge in [-0.15, -0.1) is 10.2 Å². The van der Waals surface area contributed by atoms with Crippen molar-refractivity contribution in [3.63, 3.8) is 0 Å². The van der Waals surface area contributed by atoms with Gasteiger partial charge in [0.25, 0.3) is 16.0 Å². The fraction of sp³-hybridized carbons (Fsp3) is 0.333. The Morgan fingerprint density at radius 2 is 1.90 bits per heavy atom. The van der Waals surface area contributed by atoms with Crippen LogP contribution in [0.2, 0.25) is 0 Å². The van der Waals surface area contributed by atoms with Gasteiger partial charge in [0.1, 0.15) is 0 Å². The zero-order valence-electron chi connectivity index (χ0n) is 11.7. The van der Waals surface area contributed by atoms with E-state index in [1.54, 1.807) is 6.07 Å². The van der Waals surface area contributed by atoms with Crippen molar-refractivity contribution in [2.45, 2.75) is 31.7 Å². The Kier molecular flexibility index (Phi) is 4.32. The molecule has 0 bridgehead atoms. The molecular weight excluding hydrogens is 292 g/mol. The highest BCUT2D eigenvalue weighted by molar-refractivity contribution is 7.92. The van der Waals surface area contributed by atoms with Crippen molar-refractivity contribution in [1.82, 2.24) is 20.2 Å². The molecule has 2 aromatic heterocycles. The maximum atomic E-state index is 12.2. The van der Waals surface area contributed by atoms with E-state index in [0.29, 0.717) is 18.5 Å². The Labute approximate surface area is 122 Å². The Bertz CT molecular complexity index is 747. The molecule has 0 unspecified atom stereocenters. The van der Waals surface area contributed by atoms with Crippen LogP contribution in [0.3, 0.4) is 0 Å². The summed E-state index contributed by atoms with van der Waals surface area (Å²) in [7, 11) is -3.94. The molecule has 2 rings (SSSR count). The van der Waals surface area contributed by atoms with Gasteiger partial charge in [0.15, 0.2) is 5.03 Å². The molecule has 21 heavy (non-hydrogen) atoms. The molecule has 0 aliphatic carbocycles. The van der Waals surface area contributed by atoms with Gasteiger partial charge >= 0.3 is 0 Å². The summed E-state index contributed by atoms with van der Waals surface area (Å²) in [5, 5.41) is 7.50. The lowest BCUT2D eigenvalue weighted by Gasteiger charge is -2.09. The molecule has 8 nitrogen and oxygen atoms in total. The third-order valence-corrected chi connectivity index (χ3v) is 4.09. The highest BCUT2D eigenvalue weighted by Crippen LogP contribution is 2.17. The first kappa shape index (κ1) is 15.1. The minimum atomic E-state index is -3.94. The van der Waals surface area contributed by atoms with Crippen LogP contribution in [0.1, 0.15) is 25.2 Å². The molecule has 112 valence electrons. The molecule has 0 aromatic carbocycles. The predicted octanol–water partition coefficient (Wildman–Crippen LogP) is 0.774. The fourth-order valence-corrected chi connectivity index (χ4v) is 2.78. The number of aryl methyl sites for hydroxylation is 2. The van der Waals surface area contributed by atoms with Gasteiger partial charge in [0.05, 0.1) is 17.1 Å². The lowest BCUT2D eigenvalue weighted by Crippen LogP contribution is -2.19. The van der Waals surface area contributed by atoms with Crippen molar-refractivity contribution in [2.24, 2.45) is 0 Å². The van der Waals surface area contributed by atoms with E-state index < -0.39 is 10.0 Å². The quantitative estimate of drug-likeness (QED) is 0.836. The number of rotatable bonds is 5. The molecule has 9 heteroatoms. The van der Waals surface area contributed by atoms with Crippen LogP contribution in [0.4, 0.5) is 11.6 Å². The summed E-state index contributed by atoms with van der Waals surface area (Å²) >= 11 is 0. The standard InChI is InChI=1S/C12H16N6O2S/c1-3-9-10(4-2)16-17-12(15-9)18-21(19,20)11-8(13)6-5-7-14-11/h5-7H,3-4,13H2,1-2H3,(H,15,17,18). The minimum Gasteiger partial charge on any atom is -0.396 e. The Hall–Kier alpha value is -2.29. The number of sulfonamides is 1. The second kappa shape index (κ2) is 6.00. The smallest absolute Gasteiger partial charge is 0.283 e. The molecule has 0 fully saturated rings. The normalized spacial score (nSPS) is 11.3. The summed E-state index contributed by atoms with van der Waals surface area (Å²) in [6, 6.07) is 3.01. The fourth-order valence-electron chi connectivity index (χ4n) is 1.78. The van der Waals surface area contributed by atoms with Crippen LogP contribution in [0.5, 0.6) is 0 Å². The van der Waals surface area contributed by atoms with Gasteiger partial charge in [0.2, 0.25) is 0 Å². The molecule has 2 aromatic rings. The van der Waals surface area contributed by atoms with Crippen molar-refractivity contribution >= 4 is 21.7 Å². The van der Waals surface area contributed by atoms with Crippen LogP contribution in [0, 0.1) is 0 Å². The monoisotopic (exact) mass is 308 g/mol. The zero-order valence-corrected chi connectivity index (χ0v) is 12.6. The molecular formula is C12H16N6O2S. The zero-order chi connectivity index (χ0) is 15.5. The number of pyridine rings is 1. The molecule has 0 atom stereocenters. The van der Waals surface area contributed by atoms with Crippen molar-refractivity contribution in [1.29, 1.82) is 0 Å². The van der Waals surface area contributed by atoms with E-state index in [0.717, 1.165) is 5.69 Å². The van der Waals surface area contributed by atoms with Crippen molar-refractivity contribution in [3.8, 4) is 0 Å². The van der Waals surface area contributed by atoms with Crippen LogP contribution >= 0.6 is 0 Å². The highest BCUT2D eigenvalue weighted by Gasteiger charge is 2.21. The van der Waals surface area contributed by atoms with E-state index in [1.165, 1.54) is 12.3 Å². The van der Waals surface area contributed by atoms with E-state index >= 15 is 0 Å². The predicted molar refractivity (Wildman–Crippen MR) is 78.0 cm³/mol. The summed E-state index contributed by atoms with van der Waals surface area (Å²) in [4.78, 5) is 7.94. The number of anilines is 2. The van der Waals surface area contributed by atoms with Crippen molar-refractivity contribution < 1.29 is 8.42 Å². The molecule has 2 heterocycles. The Morgan fingerprint density at radius 1 is 1.19 bits per heavy atom.